The molecule has 2 fully saturated rings. The molecule has 3 heteroatoms. The molecule has 0 atom stereocenters. The molecule has 0 unspecified atom stereocenters. The van der Waals surface area contributed by atoms with Crippen molar-refractivity contribution in [2.45, 2.75) is 44.6 Å². The molecule has 0 aromatic heterocycles. The fourth-order valence-corrected chi connectivity index (χ4v) is 3.76. The van der Waals surface area contributed by atoms with Crippen LogP contribution in [0.25, 0.3) is 0 Å². The number of esters is 1. The summed E-state index contributed by atoms with van der Waals surface area (Å²) in [6, 6.07) is 10.9. The molecule has 1 aromatic carbocycles. The topological polar surface area (TPSA) is 29.5 Å². The standard InChI is InChI=1S/C19H25NO2/c1-2-22-18(21)15-16-9-11-19(12-10-16,20-13-6-14-20)17-7-4-3-5-8-17/h3-5,7-8,15H,2,6,9-14H2,1H3. The van der Waals surface area contributed by atoms with E-state index in [-0.39, 0.29) is 11.5 Å². The molecule has 1 aliphatic carbocycles. The number of hydrogen-bond acceptors (Lipinski definition) is 3. The number of rotatable bonds is 4. The summed E-state index contributed by atoms with van der Waals surface area (Å²) in [4.78, 5) is 14.3. The molecule has 0 radical (unpaired) electrons. The number of carbonyl (C=O) groups is 1. The van der Waals surface area contributed by atoms with Crippen LogP contribution >= 0.6 is 0 Å². The van der Waals surface area contributed by atoms with Gasteiger partial charge in [0.2, 0.25) is 0 Å². The zero-order valence-electron chi connectivity index (χ0n) is 13.4. The van der Waals surface area contributed by atoms with Crippen molar-refractivity contribution in [3.8, 4) is 0 Å². The highest BCUT2D eigenvalue weighted by Gasteiger charge is 2.42. The molecule has 1 saturated heterocycles. The Morgan fingerprint density at radius 3 is 2.45 bits per heavy atom. The van der Waals surface area contributed by atoms with Gasteiger partial charge in [0.25, 0.3) is 0 Å². The van der Waals surface area contributed by atoms with E-state index in [1.807, 2.05) is 6.92 Å². The van der Waals surface area contributed by atoms with Gasteiger partial charge in [-0.15, -0.1) is 0 Å². The van der Waals surface area contributed by atoms with Crippen molar-refractivity contribution in [2.24, 2.45) is 0 Å². The fourth-order valence-electron chi connectivity index (χ4n) is 3.76. The molecule has 3 rings (SSSR count). The van der Waals surface area contributed by atoms with E-state index >= 15 is 0 Å². The van der Waals surface area contributed by atoms with E-state index in [1.54, 1.807) is 6.08 Å². The van der Waals surface area contributed by atoms with E-state index in [0.717, 1.165) is 25.7 Å². The van der Waals surface area contributed by atoms with Crippen LogP contribution in [-0.2, 0) is 15.1 Å². The van der Waals surface area contributed by atoms with Gasteiger partial charge in [0.1, 0.15) is 0 Å². The number of nitrogens with zero attached hydrogens (tertiary/aromatic N) is 1. The molecule has 22 heavy (non-hydrogen) atoms. The first kappa shape index (κ1) is 15.3. The van der Waals surface area contributed by atoms with Crippen LogP contribution in [-0.4, -0.2) is 30.6 Å². The van der Waals surface area contributed by atoms with Crippen LogP contribution in [0.4, 0.5) is 0 Å². The van der Waals surface area contributed by atoms with Crippen molar-refractivity contribution < 1.29 is 9.53 Å². The third-order valence-electron chi connectivity index (χ3n) is 5.10. The average molecular weight is 299 g/mol. The largest absolute Gasteiger partial charge is 0.463 e. The predicted octanol–water partition coefficient (Wildman–Crippen LogP) is 3.65. The van der Waals surface area contributed by atoms with Crippen LogP contribution in [0.5, 0.6) is 0 Å². The fraction of sp³-hybridized carbons (Fsp3) is 0.526. The lowest BCUT2D eigenvalue weighted by molar-refractivity contribution is -0.137. The maximum Gasteiger partial charge on any atom is 0.330 e. The van der Waals surface area contributed by atoms with Gasteiger partial charge in [0.05, 0.1) is 6.61 Å². The van der Waals surface area contributed by atoms with Gasteiger partial charge in [-0.3, -0.25) is 4.90 Å². The van der Waals surface area contributed by atoms with E-state index in [4.69, 9.17) is 4.74 Å². The summed E-state index contributed by atoms with van der Waals surface area (Å²) in [6.07, 6.45) is 7.20. The third-order valence-corrected chi connectivity index (χ3v) is 5.10. The predicted molar refractivity (Wildman–Crippen MR) is 87.5 cm³/mol. The van der Waals surface area contributed by atoms with E-state index in [0.29, 0.717) is 6.61 Å². The Bertz CT molecular complexity index is 536. The molecule has 0 spiro atoms. The second-order valence-electron chi connectivity index (χ2n) is 6.29. The summed E-state index contributed by atoms with van der Waals surface area (Å²) in [5.41, 5.74) is 2.85. The van der Waals surface area contributed by atoms with E-state index < -0.39 is 0 Å². The summed E-state index contributed by atoms with van der Waals surface area (Å²) in [7, 11) is 0. The van der Waals surface area contributed by atoms with Gasteiger partial charge in [0, 0.05) is 24.7 Å². The molecule has 1 heterocycles. The summed E-state index contributed by atoms with van der Waals surface area (Å²) >= 11 is 0. The Balaban J connectivity index is 1.76. The molecule has 0 N–H and O–H groups in total. The minimum absolute atomic E-state index is 0.172. The molecular weight excluding hydrogens is 274 g/mol. The number of carbonyl (C=O) groups excluding carboxylic acids is 1. The SMILES string of the molecule is CCOC(=O)C=C1CCC(c2ccccc2)(N2CCC2)CC1. The zero-order chi connectivity index (χ0) is 15.4. The number of allylic oxidation sites excluding steroid dienone is 1. The molecule has 3 nitrogen and oxygen atoms in total. The normalized spacial score (nSPS) is 25.4. The molecule has 0 bridgehead atoms. The van der Waals surface area contributed by atoms with Gasteiger partial charge in [-0.25, -0.2) is 4.79 Å². The van der Waals surface area contributed by atoms with Crippen LogP contribution in [0.15, 0.2) is 42.0 Å². The molecule has 118 valence electrons. The van der Waals surface area contributed by atoms with Crippen LogP contribution in [0, 0.1) is 0 Å². The summed E-state index contributed by atoms with van der Waals surface area (Å²) in [6.45, 7) is 4.70. The summed E-state index contributed by atoms with van der Waals surface area (Å²) in [5.74, 6) is -0.186. The average Bonchev–Trinajstić information content (AvgIpc) is 2.49. The van der Waals surface area contributed by atoms with E-state index in [9.17, 15) is 4.79 Å². The number of benzene rings is 1. The summed E-state index contributed by atoms with van der Waals surface area (Å²) in [5, 5.41) is 0. The Morgan fingerprint density at radius 1 is 1.23 bits per heavy atom. The Kier molecular flexibility index (Phi) is 4.63. The van der Waals surface area contributed by atoms with Crippen LogP contribution in [0.1, 0.15) is 44.6 Å². The number of hydrogen-bond donors (Lipinski definition) is 0. The highest BCUT2D eigenvalue weighted by molar-refractivity contribution is 5.82. The zero-order valence-corrected chi connectivity index (χ0v) is 13.4. The maximum absolute atomic E-state index is 11.6. The van der Waals surface area contributed by atoms with Gasteiger partial charge in [-0.05, 0) is 44.6 Å². The monoisotopic (exact) mass is 299 g/mol. The van der Waals surface area contributed by atoms with Crippen LogP contribution in [0.3, 0.4) is 0 Å². The minimum Gasteiger partial charge on any atom is -0.463 e. The molecule has 0 amide bonds. The highest BCUT2D eigenvalue weighted by Crippen LogP contribution is 2.45. The molecule has 1 aromatic rings. The van der Waals surface area contributed by atoms with Crippen molar-refractivity contribution in [3.05, 3.63) is 47.5 Å². The van der Waals surface area contributed by atoms with Crippen molar-refractivity contribution >= 4 is 5.97 Å². The summed E-state index contributed by atoms with van der Waals surface area (Å²) < 4.78 is 5.04. The van der Waals surface area contributed by atoms with Gasteiger partial charge < -0.3 is 4.74 Å². The van der Waals surface area contributed by atoms with Crippen molar-refractivity contribution in [1.82, 2.24) is 4.90 Å². The first-order valence-corrected chi connectivity index (χ1v) is 8.41. The smallest absolute Gasteiger partial charge is 0.330 e. The second-order valence-corrected chi connectivity index (χ2v) is 6.29. The van der Waals surface area contributed by atoms with Crippen LogP contribution < -0.4 is 0 Å². The molecule has 1 saturated carbocycles. The lowest BCUT2D eigenvalue weighted by atomic mass is 9.72. The maximum atomic E-state index is 11.6. The molecule has 2 aliphatic rings. The molecular formula is C19H25NO2. The Morgan fingerprint density at radius 2 is 1.91 bits per heavy atom. The van der Waals surface area contributed by atoms with E-state index in [2.05, 4.69) is 35.2 Å². The van der Waals surface area contributed by atoms with Gasteiger partial charge in [-0.1, -0.05) is 35.9 Å². The first-order chi connectivity index (χ1) is 10.7. The third kappa shape index (κ3) is 2.95. The number of likely N-dealkylation sites (tertiary alicyclic amines) is 1. The first-order valence-electron chi connectivity index (χ1n) is 8.41. The lowest BCUT2D eigenvalue weighted by Gasteiger charge is -2.51. The molecule has 1 aliphatic heterocycles. The highest BCUT2D eigenvalue weighted by atomic mass is 16.5. The van der Waals surface area contributed by atoms with Crippen LogP contribution in [0.2, 0.25) is 0 Å². The Hall–Kier alpha value is -1.61. The number of ether oxygens (including phenoxy) is 1. The van der Waals surface area contributed by atoms with Gasteiger partial charge >= 0.3 is 5.97 Å². The minimum atomic E-state index is -0.186. The quantitative estimate of drug-likeness (QED) is 0.628. The Labute approximate surface area is 133 Å². The van der Waals surface area contributed by atoms with Gasteiger partial charge in [-0.2, -0.15) is 0 Å². The van der Waals surface area contributed by atoms with Crippen molar-refractivity contribution in [1.29, 1.82) is 0 Å². The van der Waals surface area contributed by atoms with Crippen molar-refractivity contribution in [3.63, 3.8) is 0 Å². The van der Waals surface area contributed by atoms with Gasteiger partial charge in [0.15, 0.2) is 0 Å². The lowest BCUT2D eigenvalue weighted by Crippen LogP contribution is -2.54. The van der Waals surface area contributed by atoms with E-state index in [1.165, 1.54) is 30.6 Å². The second kappa shape index (κ2) is 6.66. The van der Waals surface area contributed by atoms with Crippen molar-refractivity contribution in [2.75, 3.05) is 19.7 Å².